The Morgan fingerprint density at radius 3 is 2.05 bits per heavy atom. The molecule has 1 aliphatic rings. The Morgan fingerprint density at radius 1 is 1.00 bits per heavy atom. The highest BCUT2D eigenvalue weighted by Crippen LogP contribution is 2.27. The van der Waals surface area contributed by atoms with Crippen LogP contribution in [0.4, 0.5) is 0 Å². The number of carboxylic acids is 2. The summed E-state index contributed by atoms with van der Waals surface area (Å²) in [5, 5.41) is 18.1. The lowest BCUT2D eigenvalue weighted by molar-refractivity contribution is -0.134. The summed E-state index contributed by atoms with van der Waals surface area (Å²) in [6, 6.07) is 0. The molecule has 2 N–H and O–H groups in total. The number of nitrogens with zero attached hydrogens (tertiary/aromatic N) is 3. The van der Waals surface area contributed by atoms with E-state index in [1.165, 1.54) is 0 Å². The van der Waals surface area contributed by atoms with Gasteiger partial charge in [0.25, 0.3) is 0 Å². The van der Waals surface area contributed by atoms with Crippen molar-refractivity contribution in [1.29, 1.82) is 0 Å². The van der Waals surface area contributed by atoms with Gasteiger partial charge in [-0.1, -0.05) is 29.6 Å². The Kier molecular flexibility index (Phi) is 6.20. The molecule has 0 radical (unpaired) electrons. The van der Waals surface area contributed by atoms with Crippen molar-refractivity contribution >= 4 is 41.0 Å². The van der Waals surface area contributed by atoms with Crippen LogP contribution in [0.25, 0.3) is 5.57 Å². The standard InChI is InChI=1S/C13H15N3O4S2/c17-9(18)6-21-12-14-11(8-4-2-1-3-5-8)15-13(16-12)22-7-10(19)20/h4H,1-3,5-7H2,(H,17,18)(H,19,20). The molecule has 1 heterocycles. The first-order valence-electron chi connectivity index (χ1n) is 6.69. The van der Waals surface area contributed by atoms with Crippen molar-refractivity contribution in [3.63, 3.8) is 0 Å². The van der Waals surface area contributed by atoms with Gasteiger partial charge < -0.3 is 10.2 Å². The molecule has 2 rings (SSSR count). The second-order valence-corrected chi connectivity index (χ2v) is 6.45. The van der Waals surface area contributed by atoms with Crippen LogP contribution in [-0.4, -0.2) is 48.6 Å². The highest BCUT2D eigenvalue weighted by molar-refractivity contribution is 8.00. The maximum atomic E-state index is 10.7. The van der Waals surface area contributed by atoms with Crippen molar-refractivity contribution in [1.82, 2.24) is 15.0 Å². The van der Waals surface area contributed by atoms with Gasteiger partial charge in [0.1, 0.15) is 0 Å². The lowest BCUT2D eigenvalue weighted by Crippen LogP contribution is -2.06. The Labute approximate surface area is 135 Å². The van der Waals surface area contributed by atoms with E-state index in [9.17, 15) is 9.59 Å². The maximum absolute atomic E-state index is 10.7. The van der Waals surface area contributed by atoms with Crippen LogP contribution in [0.1, 0.15) is 31.5 Å². The number of aromatic nitrogens is 3. The first kappa shape index (κ1) is 16.8. The number of carbonyl (C=O) groups is 2. The minimum atomic E-state index is -0.955. The lowest BCUT2D eigenvalue weighted by Gasteiger charge is -2.12. The fraction of sp³-hybridized carbons (Fsp3) is 0.462. The molecule has 1 aromatic heterocycles. The third-order valence-electron chi connectivity index (χ3n) is 2.82. The average molecular weight is 341 g/mol. The molecular formula is C13H15N3O4S2. The van der Waals surface area contributed by atoms with E-state index in [0.717, 1.165) is 54.8 Å². The van der Waals surface area contributed by atoms with E-state index >= 15 is 0 Å². The molecule has 118 valence electrons. The van der Waals surface area contributed by atoms with E-state index in [2.05, 4.69) is 21.0 Å². The molecule has 1 aliphatic carbocycles. The Bertz CT molecular complexity index is 571. The molecule has 0 aromatic carbocycles. The number of rotatable bonds is 7. The molecule has 0 amide bonds. The van der Waals surface area contributed by atoms with Crippen LogP contribution in [-0.2, 0) is 9.59 Å². The molecule has 0 aliphatic heterocycles. The lowest BCUT2D eigenvalue weighted by atomic mass is 9.99. The number of aliphatic carboxylic acids is 2. The summed E-state index contributed by atoms with van der Waals surface area (Å²) in [4.78, 5) is 34.1. The number of hydrogen-bond donors (Lipinski definition) is 2. The first-order valence-corrected chi connectivity index (χ1v) is 8.66. The van der Waals surface area contributed by atoms with Crippen molar-refractivity contribution in [2.45, 2.75) is 36.0 Å². The van der Waals surface area contributed by atoms with Gasteiger partial charge in [-0.3, -0.25) is 9.59 Å². The third-order valence-corrected chi connectivity index (χ3v) is 4.49. The molecule has 0 saturated heterocycles. The molecule has 0 atom stereocenters. The molecule has 7 nitrogen and oxygen atoms in total. The normalized spacial score (nSPS) is 14.5. The van der Waals surface area contributed by atoms with Crippen LogP contribution < -0.4 is 0 Å². The van der Waals surface area contributed by atoms with Gasteiger partial charge in [0.05, 0.1) is 11.5 Å². The summed E-state index contributed by atoms with van der Waals surface area (Å²) in [5.74, 6) is -1.68. The zero-order valence-corrected chi connectivity index (χ0v) is 13.3. The highest BCUT2D eigenvalue weighted by atomic mass is 32.2. The maximum Gasteiger partial charge on any atom is 0.313 e. The fourth-order valence-corrected chi connectivity index (χ4v) is 3.07. The summed E-state index contributed by atoms with van der Waals surface area (Å²) in [6.45, 7) is 0. The molecule has 22 heavy (non-hydrogen) atoms. The number of hydrogen-bond acceptors (Lipinski definition) is 7. The van der Waals surface area contributed by atoms with Crippen LogP contribution in [0.5, 0.6) is 0 Å². The number of carboxylic acid groups (broad SMARTS) is 2. The minimum absolute atomic E-state index is 0.147. The van der Waals surface area contributed by atoms with Gasteiger partial charge in [-0.05, 0) is 31.3 Å². The zero-order valence-electron chi connectivity index (χ0n) is 11.7. The van der Waals surface area contributed by atoms with Crippen LogP contribution >= 0.6 is 23.5 Å². The molecule has 0 saturated carbocycles. The van der Waals surface area contributed by atoms with E-state index in [-0.39, 0.29) is 11.5 Å². The minimum Gasteiger partial charge on any atom is -0.481 e. The van der Waals surface area contributed by atoms with Crippen molar-refractivity contribution in [3.05, 3.63) is 11.9 Å². The SMILES string of the molecule is O=C(O)CSc1nc(SCC(=O)O)nc(C2=CCCCC2)n1. The highest BCUT2D eigenvalue weighted by Gasteiger charge is 2.15. The van der Waals surface area contributed by atoms with Gasteiger partial charge in [-0.25, -0.2) is 9.97 Å². The molecule has 0 fully saturated rings. The van der Waals surface area contributed by atoms with E-state index < -0.39 is 11.9 Å². The predicted molar refractivity (Wildman–Crippen MR) is 83.0 cm³/mol. The summed E-state index contributed by atoms with van der Waals surface area (Å²) in [6.07, 6.45) is 6.12. The van der Waals surface area contributed by atoms with Gasteiger partial charge >= 0.3 is 11.9 Å². The topological polar surface area (TPSA) is 113 Å². The number of allylic oxidation sites excluding steroid dienone is 2. The summed E-state index contributed by atoms with van der Waals surface area (Å²) in [5.41, 5.74) is 1.02. The fourth-order valence-electron chi connectivity index (χ4n) is 1.90. The average Bonchev–Trinajstić information content (AvgIpc) is 2.51. The monoisotopic (exact) mass is 341 g/mol. The first-order chi connectivity index (χ1) is 10.5. The van der Waals surface area contributed by atoms with Gasteiger partial charge in [-0.2, -0.15) is 4.98 Å². The van der Waals surface area contributed by atoms with Crippen molar-refractivity contribution < 1.29 is 19.8 Å². The second-order valence-electron chi connectivity index (χ2n) is 4.56. The Morgan fingerprint density at radius 2 is 1.59 bits per heavy atom. The smallest absolute Gasteiger partial charge is 0.313 e. The molecule has 9 heteroatoms. The van der Waals surface area contributed by atoms with Crippen molar-refractivity contribution in [3.8, 4) is 0 Å². The van der Waals surface area contributed by atoms with Crippen molar-refractivity contribution in [2.24, 2.45) is 0 Å². The summed E-state index contributed by atoms with van der Waals surface area (Å²) >= 11 is 2.01. The molecule has 1 aromatic rings. The largest absolute Gasteiger partial charge is 0.481 e. The van der Waals surface area contributed by atoms with Crippen LogP contribution in [0, 0.1) is 0 Å². The quantitative estimate of drug-likeness (QED) is 0.720. The number of thioether (sulfide) groups is 2. The van der Waals surface area contributed by atoms with Crippen LogP contribution in [0.15, 0.2) is 16.4 Å². The van der Waals surface area contributed by atoms with Crippen LogP contribution in [0.3, 0.4) is 0 Å². The molecule has 0 spiro atoms. The van der Waals surface area contributed by atoms with E-state index in [0.29, 0.717) is 16.1 Å². The van der Waals surface area contributed by atoms with Crippen LogP contribution in [0.2, 0.25) is 0 Å². The summed E-state index contributed by atoms with van der Waals surface area (Å²) in [7, 11) is 0. The zero-order chi connectivity index (χ0) is 15.9. The van der Waals surface area contributed by atoms with Crippen molar-refractivity contribution in [2.75, 3.05) is 11.5 Å². The molecular weight excluding hydrogens is 326 g/mol. The Hall–Kier alpha value is -1.61. The van der Waals surface area contributed by atoms with E-state index in [1.807, 2.05) is 0 Å². The van der Waals surface area contributed by atoms with Gasteiger partial charge in [-0.15, -0.1) is 0 Å². The Balaban J connectivity index is 2.24. The second kappa shape index (κ2) is 8.14. The molecule has 0 bridgehead atoms. The molecule has 0 unspecified atom stereocenters. The van der Waals surface area contributed by atoms with Gasteiger partial charge in [0, 0.05) is 0 Å². The van der Waals surface area contributed by atoms with E-state index in [1.54, 1.807) is 0 Å². The van der Waals surface area contributed by atoms with Gasteiger partial charge in [0.15, 0.2) is 16.1 Å². The van der Waals surface area contributed by atoms with E-state index in [4.69, 9.17) is 10.2 Å². The third kappa shape index (κ3) is 5.30. The summed E-state index contributed by atoms with van der Waals surface area (Å²) < 4.78 is 0. The predicted octanol–water partition coefficient (Wildman–Crippen LogP) is 2.18. The van der Waals surface area contributed by atoms with Gasteiger partial charge in [0.2, 0.25) is 0 Å².